The number of nitro groups is 1. The molecule has 2 atom stereocenters. The van der Waals surface area contributed by atoms with Crippen LogP contribution in [0.4, 0.5) is 5.69 Å². The number of aliphatic hydroxyl groups is 1. The van der Waals surface area contributed by atoms with Crippen molar-refractivity contribution >= 4 is 5.69 Å². The van der Waals surface area contributed by atoms with Crippen LogP contribution in [-0.4, -0.2) is 38.5 Å². The van der Waals surface area contributed by atoms with Gasteiger partial charge in [0, 0.05) is 12.6 Å². The number of rotatable bonds is 7. The molecule has 1 aromatic heterocycles. The maximum absolute atomic E-state index is 10.9. The molecule has 1 aliphatic rings. The Morgan fingerprint density at radius 2 is 2.20 bits per heavy atom. The molecule has 20 heavy (non-hydrogen) atoms. The van der Waals surface area contributed by atoms with Crippen molar-refractivity contribution < 1.29 is 10.0 Å². The van der Waals surface area contributed by atoms with E-state index in [9.17, 15) is 15.2 Å². The highest BCUT2D eigenvalue weighted by atomic mass is 16.6. The highest BCUT2D eigenvalue weighted by molar-refractivity contribution is 5.39. The van der Waals surface area contributed by atoms with E-state index in [0.717, 1.165) is 5.92 Å². The molecule has 7 nitrogen and oxygen atoms in total. The first-order valence-corrected chi connectivity index (χ1v) is 7.00. The smallest absolute Gasteiger partial charge is 0.312 e. The van der Waals surface area contributed by atoms with Gasteiger partial charge in [0.1, 0.15) is 11.4 Å². The molecule has 0 aliphatic heterocycles. The van der Waals surface area contributed by atoms with E-state index in [4.69, 9.17) is 0 Å². The standard InChI is InChI=1S/C13H22N4O3/c1-8(11-4-5-11)14-6-12(18)7-16-10(3)13(17(19)20)9(2)15-16/h8,11-12,14,18H,4-7H2,1-3H3. The number of nitrogens with one attached hydrogen (secondary N) is 1. The SMILES string of the molecule is Cc1nn(CC(O)CNC(C)C2CC2)c(C)c1[N+](=O)[O-]. The molecule has 2 N–H and O–H groups in total. The van der Waals surface area contributed by atoms with Gasteiger partial charge in [0.25, 0.3) is 0 Å². The molecular formula is C13H22N4O3. The monoisotopic (exact) mass is 282 g/mol. The van der Waals surface area contributed by atoms with Gasteiger partial charge in [-0.05, 0) is 39.5 Å². The van der Waals surface area contributed by atoms with Gasteiger partial charge in [-0.3, -0.25) is 14.8 Å². The van der Waals surface area contributed by atoms with Crippen molar-refractivity contribution in [2.75, 3.05) is 6.54 Å². The van der Waals surface area contributed by atoms with Gasteiger partial charge in [0.15, 0.2) is 0 Å². The molecule has 0 spiro atoms. The van der Waals surface area contributed by atoms with Gasteiger partial charge >= 0.3 is 5.69 Å². The highest BCUT2D eigenvalue weighted by Gasteiger charge is 2.28. The molecule has 112 valence electrons. The number of aromatic nitrogens is 2. The van der Waals surface area contributed by atoms with Crippen LogP contribution < -0.4 is 5.32 Å². The lowest BCUT2D eigenvalue weighted by molar-refractivity contribution is -0.386. The maximum Gasteiger partial charge on any atom is 0.312 e. The van der Waals surface area contributed by atoms with Crippen LogP contribution in [0.25, 0.3) is 0 Å². The minimum atomic E-state index is -0.603. The van der Waals surface area contributed by atoms with Crippen LogP contribution in [0.3, 0.4) is 0 Å². The number of hydrogen-bond acceptors (Lipinski definition) is 5. The topological polar surface area (TPSA) is 93.2 Å². The molecule has 1 heterocycles. The predicted molar refractivity (Wildman–Crippen MR) is 74.6 cm³/mol. The molecule has 1 aromatic rings. The molecule has 1 aliphatic carbocycles. The summed E-state index contributed by atoms with van der Waals surface area (Å²) < 4.78 is 1.52. The van der Waals surface area contributed by atoms with E-state index >= 15 is 0 Å². The minimum absolute atomic E-state index is 0.0384. The first-order chi connectivity index (χ1) is 9.40. The van der Waals surface area contributed by atoms with Crippen LogP contribution in [0.2, 0.25) is 0 Å². The molecule has 0 radical (unpaired) electrons. The van der Waals surface area contributed by atoms with Crippen LogP contribution in [0.5, 0.6) is 0 Å². The lowest BCUT2D eigenvalue weighted by Crippen LogP contribution is -2.37. The third-order valence-corrected chi connectivity index (χ3v) is 3.91. The number of aliphatic hydroxyl groups excluding tert-OH is 1. The van der Waals surface area contributed by atoms with Gasteiger partial charge < -0.3 is 10.4 Å². The van der Waals surface area contributed by atoms with Crippen LogP contribution in [0.15, 0.2) is 0 Å². The van der Waals surface area contributed by atoms with Gasteiger partial charge in [-0.2, -0.15) is 5.10 Å². The Balaban J connectivity index is 1.92. The zero-order valence-electron chi connectivity index (χ0n) is 12.2. The summed E-state index contributed by atoms with van der Waals surface area (Å²) in [7, 11) is 0. The highest BCUT2D eigenvalue weighted by Crippen LogP contribution is 2.32. The predicted octanol–water partition coefficient (Wildman–Crippen LogP) is 1.16. The van der Waals surface area contributed by atoms with Gasteiger partial charge in [0.05, 0.1) is 17.6 Å². The summed E-state index contributed by atoms with van der Waals surface area (Å²) in [5, 5.41) is 28.4. The summed E-state index contributed by atoms with van der Waals surface area (Å²) in [4.78, 5) is 10.5. The summed E-state index contributed by atoms with van der Waals surface area (Å²) in [5.41, 5.74) is 0.914. The number of nitrogens with zero attached hydrogens (tertiary/aromatic N) is 3. The first-order valence-electron chi connectivity index (χ1n) is 7.00. The van der Waals surface area contributed by atoms with Crippen molar-refractivity contribution in [3.05, 3.63) is 21.5 Å². The normalized spacial score (nSPS) is 18.0. The van der Waals surface area contributed by atoms with E-state index in [1.807, 2.05) is 0 Å². The summed E-state index contributed by atoms with van der Waals surface area (Å²) in [5.74, 6) is 0.733. The van der Waals surface area contributed by atoms with Crippen LogP contribution in [0, 0.1) is 29.9 Å². The van der Waals surface area contributed by atoms with Crippen molar-refractivity contribution in [3.8, 4) is 0 Å². The second-order valence-electron chi connectivity index (χ2n) is 5.65. The first kappa shape index (κ1) is 14.9. The minimum Gasteiger partial charge on any atom is -0.390 e. The molecule has 0 aromatic carbocycles. The molecule has 2 rings (SSSR count). The second kappa shape index (κ2) is 5.88. The van der Waals surface area contributed by atoms with Crippen molar-refractivity contribution in [2.24, 2.45) is 5.92 Å². The van der Waals surface area contributed by atoms with Crippen molar-refractivity contribution in [1.29, 1.82) is 0 Å². The lowest BCUT2D eigenvalue weighted by atomic mass is 10.2. The fourth-order valence-corrected chi connectivity index (χ4v) is 2.48. The Hall–Kier alpha value is -1.47. The van der Waals surface area contributed by atoms with E-state index in [2.05, 4.69) is 17.3 Å². The number of aryl methyl sites for hydroxylation is 1. The van der Waals surface area contributed by atoms with Crippen LogP contribution >= 0.6 is 0 Å². The average molecular weight is 282 g/mol. The zero-order chi connectivity index (χ0) is 14.9. The molecular weight excluding hydrogens is 260 g/mol. The van der Waals surface area contributed by atoms with Gasteiger partial charge in [0.2, 0.25) is 0 Å². The Morgan fingerprint density at radius 3 is 2.70 bits per heavy atom. The molecule has 1 saturated carbocycles. The Morgan fingerprint density at radius 1 is 1.55 bits per heavy atom. The summed E-state index contributed by atoms with van der Waals surface area (Å²) in [6.45, 7) is 6.14. The van der Waals surface area contributed by atoms with E-state index < -0.39 is 11.0 Å². The van der Waals surface area contributed by atoms with E-state index in [0.29, 0.717) is 24.0 Å². The van der Waals surface area contributed by atoms with Crippen molar-refractivity contribution in [1.82, 2.24) is 15.1 Å². The third kappa shape index (κ3) is 3.34. The molecule has 0 amide bonds. The largest absolute Gasteiger partial charge is 0.390 e. The molecule has 2 unspecified atom stereocenters. The van der Waals surface area contributed by atoms with Gasteiger partial charge in [-0.25, -0.2) is 0 Å². The Labute approximate surface area is 118 Å². The molecule has 7 heteroatoms. The van der Waals surface area contributed by atoms with E-state index in [1.54, 1.807) is 13.8 Å². The summed E-state index contributed by atoms with van der Waals surface area (Å²) in [6.07, 6.45) is 1.91. The Bertz CT molecular complexity index is 496. The average Bonchev–Trinajstić information content (AvgIpc) is 3.15. The van der Waals surface area contributed by atoms with Crippen LogP contribution in [0.1, 0.15) is 31.2 Å². The molecule has 0 bridgehead atoms. The Kier molecular flexibility index (Phi) is 4.39. The van der Waals surface area contributed by atoms with Crippen molar-refractivity contribution in [3.63, 3.8) is 0 Å². The summed E-state index contributed by atoms with van der Waals surface area (Å²) in [6, 6.07) is 0.416. The molecule has 0 saturated heterocycles. The lowest BCUT2D eigenvalue weighted by Gasteiger charge is -2.17. The maximum atomic E-state index is 10.9. The van der Waals surface area contributed by atoms with Crippen LogP contribution in [-0.2, 0) is 6.54 Å². The fourth-order valence-electron chi connectivity index (χ4n) is 2.48. The molecule has 1 fully saturated rings. The van der Waals surface area contributed by atoms with E-state index in [-0.39, 0.29) is 12.2 Å². The quantitative estimate of drug-likeness (QED) is 0.578. The van der Waals surface area contributed by atoms with Crippen molar-refractivity contribution in [2.45, 2.75) is 52.3 Å². The zero-order valence-corrected chi connectivity index (χ0v) is 12.2. The van der Waals surface area contributed by atoms with E-state index in [1.165, 1.54) is 17.5 Å². The van der Waals surface area contributed by atoms with Gasteiger partial charge in [-0.15, -0.1) is 0 Å². The fraction of sp³-hybridized carbons (Fsp3) is 0.769. The van der Waals surface area contributed by atoms with Gasteiger partial charge in [-0.1, -0.05) is 0 Å². The number of hydrogen-bond donors (Lipinski definition) is 2. The third-order valence-electron chi connectivity index (χ3n) is 3.91. The summed E-state index contributed by atoms with van der Waals surface area (Å²) >= 11 is 0. The second-order valence-corrected chi connectivity index (χ2v) is 5.65.